The van der Waals surface area contributed by atoms with Gasteiger partial charge in [0.1, 0.15) is 0 Å². The second-order valence-electron chi connectivity index (χ2n) is 3.88. The summed E-state index contributed by atoms with van der Waals surface area (Å²) in [7, 11) is 1.83. The van der Waals surface area contributed by atoms with E-state index in [-0.39, 0.29) is 11.8 Å². The molecule has 1 aromatic heterocycles. The van der Waals surface area contributed by atoms with Gasteiger partial charge in [-0.1, -0.05) is 6.92 Å². The molecule has 2 N–H and O–H groups in total. The Hall–Kier alpha value is -0.390. The quantitative estimate of drug-likeness (QED) is 0.905. The minimum absolute atomic E-state index is 0.0833. The Bertz CT molecular complexity index is 354. The normalized spacial score (nSPS) is 12.5. The SMILES string of the molecule is CC(CN)C(=O)N(C)CCc1cc(Br)cs1. The molecule has 0 radical (unpaired) electrons. The summed E-state index contributed by atoms with van der Waals surface area (Å²) < 4.78 is 1.11. The lowest BCUT2D eigenvalue weighted by atomic mass is 10.1. The van der Waals surface area contributed by atoms with Crippen LogP contribution in [-0.4, -0.2) is 30.9 Å². The van der Waals surface area contributed by atoms with Gasteiger partial charge in [0.15, 0.2) is 0 Å². The van der Waals surface area contributed by atoms with Crippen LogP contribution < -0.4 is 5.73 Å². The molecule has 1 rings (SSSR count). The summed E-state index contributed by atoms with van der Waals surface area (Å²) in [6.45, 7) is 3.02. The third-order valence-electron chi connectivity index (χ3n) is 2.47. The van der Waals surface area contributed by atoms with E-state index in [1.54, 1.807) is 16.2 Å². The van der Waals surface area contributed by atoms with E-state index >= 15 is 0 Å². The van der Waals surface area contributed by atoms with Gasteiger partial charge in [0.25, 0.3) is 0 Å². The second-order valence-corrected chi connectivity index (χ2v) is 5.79. The molecular formula is C11H17BrN2OS. The zero-order chi connectivity index (χ0) is 12.1. The van der Waals surface area contributed by atoms with Crippen LogP contribution in [0.1, 0.15) is 11.8 Å². The van der Waals surface area contributed by atoms with Gasteiger partial charge >= 0.3 is 0 Å². The molecule has 3 nitrogen and oxygen atoms in total. The van der Waals surface area contributed by atoms with Crippen molar-refractivity contribution in [2.24, 2.45) is 11.7 Å². The third kappa shape index (κ3) is 3.88. The smallest absolute Gasteiger partial charge is 0.226 e. The lowest BCUT2D eigenvalue weighted by Gasteiger charge is -2.20. The minimum atomic E-state index is -0.0833. The maximum atomic E-state index is 11.7. The zero-order valence-corrected chi connectivity index (χ0v) is 12.0. The van der Waals surface area contributed by atoms with Crippen molar-refractivity contribution in [3.05, 3.63) is 20.8 Å². The standard InChI is InChI=1S/C11H17BrN2OS/c1-8(6-13)11(15)14(2)4-3-10-5-9(12)7-16-10/h5,7-8H,3-4,6,13H2,1-2H3. The molecule has 0 saturated carbocycles. The molecule has 0 fully saturated rings. The maximum Gasteiger partial charge on any atom is 0.226 e. The van der Waals surface area contributed by atoms with Crippen molar-refractivity contribution in [1.82, 2.24) is 4.90 Å². The van der Waals surface area contributed by atoms with Gasteiger partial charge in [-0.3, -0.25) is 4.79 Å². The molecule has 1 heterocycles. The van der Waals surface area contributed by atoms with Gasteiger partial charge in [-0.15, -0.1) is 11.3 Å². The number of amides is 1. The van der Waals surface area contributed by atoms with Crippen LogP contribution in [0.25, 0.3) is 0 Å². The molecule has 90 valence electrons. The molecule has 0 aromatic carbocycles. The van der Waals surface area contributed by atoms with Crippen LogP contribution in [0.15, 0.2) is 15.9 Å². The number of carbonyl (C=O) groups excluding carboxylic acids is 1. The van der Waals surface area contributed by atoms with Crippen molar-refractivity contribution in [3.63, 3.8) is 0 Å². The number of likely N-dealkylation sites (N-methyl/N-ethyl adjacent to an activating group) is 1. The van der Waals surface area contributed by atoms with Crippen molar-refractivity contribution in [1.29, 1.82) is 0 Å². The zero-order valence-electron chi connectivity index (χ0n) is 9.57. The first kappa shape index (κ1) is 13.7. The van der Waals surface area contributed by atoms with Crippen LogP contribution in [0, 0.1) is 5.92 Å². The molecule has 16 heavy (non-hydrogen) atoms. The van der Waals surface area contributed by atoms with Gasteiger partial charge in [-0.25, -0.2) is 0 Å². The number of rotatable bonds is 5. The highest BCUT2D eigenvalue weighted by Crippen LogP contribution is 2.20. The average molecular weight is 305 g/mol. The number of hydrogen-bond acceptors (Lipinski definition) is 3. The molecule has 1 unspecified atom stereocenters. The van der Waals surface area contributed by atoms with Crippen molar-refractivity contribution in [3.8, 4) is 0 Å². The molecule has 5 heteroatoms. The van der Waals surface area contributed by atoms with Crippen LogP contribution in [0.5, 0.6) is 0 Å². The Kier molecular flexibility index (Phi) is 5.44. The Labute approximate surface area is 109 Å². The third-order valence-corrected chi connectivity index (χ3v) is 4.22. The lowest BCUT2D eigenvalue weighted by Crippen LogP contribution is -2.36. The summed E-state index contributed by atoms with van der Waals surface area (Å²) in [6.07, 6.45) is 0.899. The fraction of sp³-hybridized carbons (Fsp3) is 0.545. The van der Waals surface area contributed by atoms with Crippen LogP contribution in [0.3, 0.4) is 0 Å². The lowest BCUT2D eigenvalue weighted by molar-refractivity contribution is -0.133. The van der Waals surface area contributed by atoms with E-state index in [1.807, 2.05) is 14.0 Å². The number of carbonyl (C=O) groups is 1. The van der Waals surface area contributed by atoms with Crippen molar-refractivity contribution in [2.75, 3.05) is 20.1 Å². The second kappa shape index (κ2) is 6.37. The van der Waals surface area contributed by atoms with Crippen LogP contribution in [-0.2, 0) is 11.2 Å². The van der Waals surface area contributed by atoms with Gasteiger partial charge < -0.3 is 10.6 Å². The molecule has 0 aliphatic heterocycles. The monoisotopic (exact) mass is 304 g/mol. The van der Waals surface area contributed by atoms with Gasteiger partial charge in [0, 0.05) is 40.8 Å². The average Bonchev–Trinajstić information content (AvgIpc) is 2.69. The van der Waals surface area contributed by atoms with E-state index in [0.717, 1.165) is 17.4 Å². The van der Waals surface area contributed by atoms with Crippen molar-refractivity contribution >= 4 is 33.2 Å². The van der Waals surface area contributed by atoms with E-state index in [4.69, 9.17) is 5.73 Å². The molecule has 1 aromatic rings. The maximum absolute atomic E-state index is 11.7. The predicted octanol–water partition coefficient (Wildman–Crippen LogP) is 2.11. The highest BCUT2D eigenvalue weighted by atomic mass is 79.9. The van der Waals surface area contributed by atoms with Crippen LogP contribution in [0.2, 0.25) is 0 Å². The Morgan fingerprint density at radius 1 is 1.69 bits per heavy atom. The van der Waals surface area contributed by atoms with E-state index < -0.39 is 0 Å². The first-order chi connectivity index (χ1) is 7.54. The Balaban J connectivity index is 2.40. The summed E-state index contributed by atoms with van der Waals surface area (Å²) in [6, 6.07) is 2.09. The number of nitrogens with zero attached hydrogens (tertiary/aromatic N) is 1. The summed E-state index contributed by atoms with van der Waals surface area (Å²) >= 11 is 5.12. The fourth-order valence-electron chi connectivity index (χ4n) is 1.35. The summed E-state index contributed by atoms with van der Waals surface area (Å²) in [5, 5.41) is 2.06. The van der Waals surface area contributed by atoms with Crippen LogP contribution >= 0.6 is 27.3 Å². The highest BCUT2D eigenvalue weighted by molar-refractivity contribution is 9.10. The number of halogens is 1. The number of thiophene rings is 1. The molecule has 0 bridgehead atoms. The van der Waals surface area contributed by atoms with E-state index in [2.05, 4.69) is 27.4 Å². The van der Waals surface area contributed by atoms with Gasteiger partial charge in [0.05, 0.1) is 0 Å². The first-order valence-electron chi connectivity index (χ1n) is 5.22. The summed E-state index contributed by atoms with van der Waals surface area (Å²) in [5.41, 5.74) is 5.47. The van der Waals surface area contributed by atoms with E-state index in [1.165, 1.54) is 4.88 Å². The molecular weight excluding hydrogens is 288 g/mol. The van der Waals surface area contributed by atoms with Crippen molar-refractivity contribution in [2.45, 2.75) is 13.3 Å². The van der Waals surface area contributed by atoms with Crippen molar-refractivity contribution < 1.29 is 4.79 Å². The molecule has 1 amide bonds. The molecule has 0 saturated heterocycles. The molecule has 0 aliphatic rings. The largest absolute Gasteiger partial charge is 0.345 e. The van der Waals surface area contributed by atoms with Crippen LogP contribution in [0.4, 0.5) is 0 Å². The fourth-order valence-corrected chi connectivity index (χ4v) is 2.79. The predicted molar refractivity (Wildman–Crippen MR) is 71.6 cm³/mol. The van der Waals surface area contributed by atoms with Gasteiger partial charge in [-0.05, 0) is 28.4 Å². The van der Waals surface area contributed by atoms with Gasteiger partial charge in [0.2, 0.25) is 5.91 Å². The number of hydrogen-bond donors (Lipinski definition) is 1. The van der Waals surface area contributed by atoms with E-state index in [0.29, 0.717) is 6.54 Å². The summed E-state index contributed by atoms with van der Waals surface area (Å²) in [4.78, 5) is 14.8. The highest BCUT2D eigenvalue weighted by Gasteiger charge is 2.15. The Morgan fingerprint density at radius 3 is 2.88 bits per heavy atom. The molecule has 1 atom stereocenters. The summed E-state index contributed by atoms with van der Waals surface area (Å²) in [5.74, 6) is 0.0400. The Morgan fingerprint density at radius 2 is 2.38 bits per heavy atom. The number of nitrogens with two attached hydrogens (primary N) is 1. The minimum Gasteiger partial charge on any atom is -0.345 e. The van der Waals surface area contributed by atoms with Gasteiger partial charge in [-0.2, -0.15) is 0 Å². The topological polar surface area (TPSA) is 46.3 Å². The van der Waals surface area contributed by atoms with E-state index in [9.17, 15) is 4.79 Å². The molecule has 0 spiro atoms. The first-order valence-corrected chi connectivity index (χ1v) is 6.89. The molecule has 0 aliphatic carbocycles.